The van der Waals surface area contributed by atoms with Crippen LogP contribution in [-0.2, 0) is 14.3 Å². The normalized spacial score (nSPS) is 20.6. The maximum Gasteiger partial charge on any atom is 0.317 e. The van der Waals surface area contributed by atoms with Crippen LogP contribution in [-0.4, -0.2) is 18.4 Å². The van der Waals surface area contributed by atoms with Crippen LogP contribution in [0.3, 0.4) is 0 Å². The summed E-state index contributed by atoms with van der Waals surface area (Å²) in [7, 11) is 0. The van der Waals surface area contributed by atoms with Crippen LogP contribution in [0.25, 0.3) is 5.57 Å². The smallest absolute Gasteiger partial charge is 0.317 e. The molecule has 0 aliphatic heterocycles. The number of allylic oxidation sites excluding steroid dienone is 2. The van der Waals surface area contributed by atoms with Gasteiger partial charge in [-0.25, -0.2) is 4.39 Å². The standard InChI is InChI=1S/C19H17FO3S/c1-2-23-19(22)18-15(12-5-7-14(20)8-6-12)10-13(11-16(18)21)17-4-3-9-24-17/h3-9,11,15,18H,2,10H2,1H3/t15-,18-/m1/s1. The number of thiophene rings is 1. The van der Waals surface area contributed by atoms with Gasteiger partial charge >= 0.3 is 5.97 Å². The number of carbonyl (C=O) groups excluding carboxylic acids is 2. The third-order valence-electron chi connectivity index (χ3n) is 4.14. The summed E-state index contributed by atoms with van der Waals surface area (Å²) in [6.45, 7) is 1.94. The molecule has 1 aromatic heterocycles. The second-order valence-electron chi connectivity index (χ2n) is 5.64. The van der Waals surface area contributed by atoms with Crippen molar-refractivity contribution in [3.05, 3.63) is 64.1 Å². The van der Waals surface area contributed by atoms with Gasteiger partial charge in [0.05, 0.1) is 6.61 Å². The highest BCUT2D eigenvalue weighted by Gasteiger charge is 2.39. The Morgan fingerprint density at radius 1 is 1.29 bits per heavy atom. The van der Waals surface area contributed by atoms with Crippen LogP contribution in [0.2, 0.25) is 0 Å². The summed E-state index contributed by atoms with van der Waals surface area (Å²) in [4.78, 5) is 25.9. The van der Waals surface area contributed by atoms with Gasteiger partial charge in [0.25, 0.3) is 0 Å². The zero-order chi connectivity index (χ0) is 17.1. The lowest BCUT2D eigenvalue weighted by Crippen LogP contribution is -2.33. The molecule has 1 aliphatic rings. The van der Waals surface area contributed by atoms with E-state index in [0.717, 1.165) is 16.0 Å². The van der Waals surface area contributed by atoms with Gasteiger partial charge in [-0.2, -0.15) is 0 Å². The van der Waals surface area contributed by atoms with Crippen molar-refractivity contribution in [1.29, 1.82) is 0 Å². The quantitative estimate of drug-likeness (QED) is 0.616. The van der Waals surface area contributed by atoms with Gasteiger partial charge in [-0.15, -0.1) is 11.3 Å². The Bertz CT molecular complexity index is 762. The molecule has 2 aromatic rings. The Kier molecular flexibility index (Phi) is 4.90. The number of benzene rings is 1. The average molecular weight is 344 g/mol. The topological polar surface area (TPSA) is 43.4 Å². The van der Waals surface area contributed by atoms with Crippen molar-refractivity contribution < 1.29 is 18.7 Å². The van der Waals surface area contributed by atoms with Gasteiger partial charge in [0.2, 0.25) is 0 Å². The van der Waals surface area contributed by atoms with Crippen LogP contribution in [0, 0.1) is 11.7 Å². The number of halogens is 1. The van der Waals surface area contributed by atoms with Crippen LogP contribution in [0.5, 0.6) is 0 Å². The minimum atomic E-state index is -0.876. The Morgan fingerprint density at radius 2 is 2.04 bits per heavy atom. The molecule has 1 aliphatic carbocycles. The van der Waals surface area contributed by atoms with Crippen molar-refractivity contribution in [2.45, 2.75) is 19.3 Å². The first kappa shape index (κ1) is 16.6. The highest BCUT2D eigenvalue weighted by atomic mass is 32.1. The molecule has 0 N–H and O–H groups in total. The van der Waals surface area contributed by atoms with E-state index < -0.39 is 11.9 Å². The minimum Gasteiger partial charge on any atom is -0.465 e. The summed E-state index contributed by atoms with van der Waals surface area (Å²) in [5, 5.41) is 1.95. The molecule has 0 unspecified atom stereocenters. The summed E-state index contributed by atoms with van der Waals surface area (Å²) in [5.41, 5.74) is 1.68. The van der Waals surface area contributed by atoms with Crippen molar-refractivity contribution in [3.8, 4) is 0 Å². The summed E-state index contributed by atoms with van der Waals surface area (Å²) < 4.78 is 18.3. The van der Waals surface area contributed by atoms with Crippen molar-refractivity contribution >= 4 is 28.7 Å². The maximum atomic E-state index is 13.2. The Morgan fingerprint density at radius 3 is 2.67 bits per heavy atom. The molecule has 0 saturated heterocycles. The first-order valence-corrected chi connectivity index (χ1v) is 8.68. The Hall–Kier alpha value is -2.27. The molecule has 0 saturated carbocycles. The van der Waals surface area contributed by atoms with E-state index >= 15 is 0 Å². The Balaban J connectivity index is 2.00. The number of ether oxygens (including phenoxy) is 1. The lowest BCUT2D eigenvalue weighted by Gasteiger charge is -2.29. The molecular formula is C19H17FO3S. The predicted octanol–water partition coefficient (Wildman–Crippen LogP) is 4.21. The van der Waals surface area contributed by atoms with Gasteiger partial charge < -0.3 is 4.74 Å². The molecular weight excluding hydrogens is 327 g/mol. The van der Waals surface area contributed by atoms with E-state index in [-0.39, 0.29) is 24.1 Å². The van der Waals surface area contributed by atoms with Crippen LogP contribution in [0.15, 0.2) is 47.9 Å². The molecule has 1 aromatic carbocycles. The molecule has 1 heterocycles. The van der Waals surface area contributed by atoms with E-state index in [2.05, 4.69) is 0 Å². The molecule has 0 bridgehead atoms. The van der Waals surface area contributed by atoms with E-state index in [9.17, 15) is 14.0 Å². The van der Waals surface area contributed by atoms with Gasteiger partial charge in [-0.3, -0.25) is 9.59 Å². The first-order chi connectivity index (χ1) is 11.6. The largest absolute Gasteiger partial charge is 0.465 e. The monoisotopic (exact) mass is 344 g/mol. The van der Waals surface area contributed by atoms with Gasteiger partial charge in [0, 0.05) is 10.8 Å². The second kappa shape index (κ2) is 7.09. The zero-order valence-corrected chi connectivity index (χ0v) is 14.0. The molecule has 0 spiro atoms. The highest BCUT2D eigenvalue weighted by Crippen LogP contribution is 2.41. The molecule has 124 valence electrons. The van der Waals surface area contributed by atoms with Crippen molar-refractivity contribution in [2.24, 2.45) is 5.92 Å². The van der Waals surface area contributed by atoms with Crippen molar-refractivity contribution in [3.63, 3.8) is 0 Å². The van der Waals surface area contributed by atoms with Gasteiger partial charge in [-0.1, -0.05) is 18.2 Å². The summed E-state index contributed by atoms with van der Waals surface area (Å²) in [5.74, 6) is -2.34. The van der Waals surface area contributed by atoms with Crippen LogP contribution in [0.1, 0.15) is 29.7 Å². The molecule has 3 nitrogen and oxygen atoms in total. The van der Waals surface area contributed by atoms with Crippen LogP contribution in [0.4, 0.5) is 4.39 Å². The third kappa shape index (κ3) is 3.31. The molecule has 5 heteroatoms. The van der Waals surface area contributed by atoms with Crippen LogP contribution < -0.4 is 0 Å². The Labute approximate surface area is 143 Å². The number of carbonyl (C=O) groups is 2. The molecule has 0 radical (unpaired) electrons. The van der Waals surface area contributed by atoms with Gasteiger partial charge in [0.15, 0.2) is 5.78 Å². The van der Waals surface area contributed by atoms with E-state index in [1.54, 1.807) is 36.5 Å². The number of hydrogen-bond donors (Lipinski definition) is 0. The van der Waals surface area contributed by atoms with Crippen molar-refractivity contribution in [1.82, 2.24) is 0 Å². The van der Waals surface area contributed by atoms with E-state index in [1.165, 1.54) is 12.1 Å². The second-order valence-corrected chi connectivity index (χ2v) is 6.59. The SMILES string of the molecule is CCOC(=O)[C@H]1C(=O)C=C(c2cccs2)C[C@@H]1c1ccc(F)cc1. The van der Waals surface area contributed by atoms with Crippen LogP contribution >= 0.6 is 11.3 Å². The predicted molar refractivity (Wildman–Crippen MR) is 91.2 cm³/mol. The van der Waals surface area contributed by atoms with Gasteiger partial charge in [-0.05, 0) is 54.1 Å². The molecule has 0 fully saturated rings. The van der Waals surface area contributed by atoms with E-state index in [1.807, 2.05) is 17.5 Å². The van der Waals surface area contributed by atoms with Crippen molar-refractivity contribution in [2.75, 3.05) is 6.61 Å². The fraction of sp³-hybridized carbons (Fsp3) is 0.263. The fourth-order valence-corrected chi connectivity index (χ4v) is 3.79. The van der Waals surface area contributed by atoms with E-state index in [4.69, 9.17) is 4.74 Å². The number of hydrogen-bond acceptors (Lipinski definition) is 4. The first-order valence-electron chi connectivity index (χ1n) is 7.80. The molecule has 24 heavy (non-hydrogen) atoms. The molecule has 0 amide bonds. The number of ketones is 1. The third-order valence-corrected chi connectivity index (χ3v) is 5.09. The average Bonchev–Trinajstić information content (AvgIpc) is 3.09. The number of esters is 1. The highest BCUT2D eigenvalue weighted by molar-refractivity contribution is 7.11. The number of rotatable bonds is 4. The lowest BCUT2D eigenvalue weighted by molar-refractivity contribution is -0.151. The molecule has 2 atom stereocenters. The fourth-order valence-electron chi connectivity index (χ4n) is 3.04. The maximum absolute atomic E-state index is 13.2. The summed E-state index contributed by atoms with van der Waals surface area (Å²) >= 11 is 1.55. The van der Waals surface area contributed by atoms with Gasteiger partial charge in [0.1, 0.15) is 11.7 Å². The molecule has 3 rings (SSSR count). The lowest BCUT2D eigenvalue weighted by atomic mass is 9.74. The summed E-state index contributed by atoms with van der Waals surface area (Å²) in [6, 6.07) is 9.86. The minimum absolute atomic E-state index is 0.222. The van der Waals surface area contributed by atoms with E-state index in [0.29, 0.717) is 6.42 Å². The summed E-state index contributed by atoms with van der Waals surface area (Å²) in [6.07, 6.45) is 2.09. The zero-order valence-electron chi connectivity index (χ0n) is 13.2.